The van der Waals surface area contributed by atoms with Crippen LogP contribution in [0.1, 0.15) is 52.2 Å². The standard InChI is InChI=1S/C32H48N6O/c1-9-25(4)22-27(10-2)32(36-26(5)35-11-3)38(8)21-20-37(7)29-15-12-16-30(23-29)39-31(17-19-33-6)28-14-13-18-34-24-28/h10,12-16,18,22-24,31,33H,2,9,11,17,19-21H2,1,3-8H3,(H,35,36)/b25-22-,32-27+. The Morgan fingerprint density at radius 3 is 2.59 bits per heavy atom. The first-order valence-electron chi connectivity index (χ1n) is 13.9. The number of hydrogen-bond donors (Lipinski definition) is 2. The van der Waals surface area contributed by atoms with Crippen LogP contribution in [0.4, 0.5) is 5.69 Å². The summed E-state index contributed by atoms with van der Waals surface area (Å²) in [6.45, 7) is 15.7. The van der Waals surface area contributed by atoms with E-state index in [1.807, 2.05) is 45.3 Å². The zero-order valence-electron chi connectivity index (χ0n) is 25.0. The Morgan fingerprint density at radius 1 is 1.15 bits per heavy atom. The first-order chi connectivity index (χ1) is 18.8. The maximum Gasteiger partial charge on any atom is 0.126 e. The highest BCUT2D eigenvalue weighted by atomic mass is 16.5. The van der Waals surface area contributed by atoms with Gasteiger partial charge >= 0.3 is 0 Å². The Bertz CT molecular complexity index is 1110. The van der Waals surface area contributed by atoms with Crippen molar-refractivity contribution >= 4 is 11.5 Å². The number of allylic oxidation sites excluding steroid dienone is 4. The van der Waals surface area contributed by atoms with E-state index >= 15 is 0 Å². The fraction of sp³-hybridized carbons (Fsp3) is 0.438. The van der Waals surface area contributed by atoms with Crippen molar-refractivity contribution in [1.29, 1.82) is 0 Å². The lowest BCUT2D eigenvalue weighted by Crippen LogP contribution is -2.37. The van der Waals surface area contributed by atoms with Gasteiger partial charge in [-0.1, -0.05) is 43.4 Å². The summed E-state index contributed by atoms with van der Waals surface area (Å²) in [6, 6.07) is 12.3. The van der Waals surface area contributed by atoms with Crippen molar-refractivity contribution in [3.63, 3.8) is 0 Å². The van der Waals surface area contributed by atoms with Crippen molar-refractivity contribution in [3.8, 4) is 5.75 Å². The maximum absolute atomic E-state index is 6.45. The molecule has 0 spiro atoms. The van der Waals surface area contributed by atoms with E-state index in [4.69, 9.17) is 4.74 Å². The van der Waals surface area contributed by atoms with Crippen molar-refractivity contribution in [2.24, 2.45) is 4.99 Å². The number of aliphatic imine (C=N–C) groups is 1. The van der Waals surface area contributed by atoms with Gasteiger partial charge in [-0.2, -0.15) is 0 Å². The van der Waals surface area contributed by atoms with Gasteiger partial charge in [-0.05, 0) is 59.0 Å². The maximum atomic E-state index is 6.45. The highest BCUT2D eigenvalue weighted by molar-refractivity contribution is 5.81. The molecule has 1 aromatic carbocycles. The van der Waals surface area contributed by atoms with Crippen LogP contribution in [0.25, 0.3) is 0 Å². The molecule has 1 atom stereocenters. The predicted molar refractivity (Wildman–Crippen MR) is 167 cm³/mol. The second kappa shape index (κ2) is 17.1. The van der Waals surface area contributed by atoms with Gasteiger partial charge in [0.2, 0.25) is 0 Å². The molecule has 0 aliphatic heterocycles. The van der Waals surface area contributed by atoms with Gasteiger partial charge in [-0.25, -0.2) is 0 Å². The second-order valence-electron chi connectivity index (χ2n) is 9.66. The minimum Gasteiger partial charge on any atom is -0.486 e. The molecule has 39 heavy (non-hydrogen) atoms. The van der Waals surface area contributed by atoms with Crippen LogP contribution in [0.15, 0.2) is 89.5 Å². The molecule has 1 heterocycles. The van der Waals surface area contributed by atoms with Crippen LogP contribution in [0.5, 0.6) is 5.75 Å². The first-order valence-corrected chi connectivity index (χ1v) is 13.9. The largest absolute Gasteiger partial charge is 0.486 e. The van der Waals surface area contributed by atoms with Gasteiger partial charge in [0.25, 0.3) is 0 Å². The molecular weight excluding hydrogens is 484 g/mol. The summed E-state index contributed by atoms with van der Waals surface area (Å²) in [5, 5.41) is 6.74. The van der Waals surface area contributed by atoms with Crippen molar-refractivity contribution in [3.05, 3.63) is 90.1 Å². The fourth-order valence-electron chi connectivity index (χ4n) is 4.06. The van der Waals surface area contributed by atoms with Gasteiger partial charge in [0, 0.05) is 75.4 Å². The number of benzene rings is 1. The molecular formula is C32H48N6O. The smallest absolute Gasteiger partial charge is 0.126 e. The molecule has 1 aromatic heterocycles. The molecule has 0 amide bonds. The van der Waals surface area contributed by atoms with Gasteiger partial charge in [-0.15, -0.1) is 0 Å². The third kappa shape index (κ3) is 10.6. The van der Waals surface area contributed by atoms with E-state index < -0.39 is 0 Å². The Hall–Kier alpha value is -3.58. The number of rotatable bonds is 16. The van der Waals surface area contributed by atoms with Crippen LogP contribution < -0.4 is 20.3 Å². The Labute approximate surface area is 236 Å². The zero-order chi connectivity index (χ0) is 28.6. The number of pyridine rings is 1. The molecule has 0 aliphatic carbocycles. The van der Waals surface area contributed by atoms with Crippen LogP contribution in [0, 0.1) is 0 Å². The molecule has 0 fully saturated rings. The summed E-state index contributed by atoms with van der Waals surface area (Å²) in [4.78, 5) is 13.3. The topological polar surface area (TPSA) is 65.0 Å². The van der Waals surface area contributed by atoms with Crippen LogP contribution in [-0.4, -0.2) is 63.0 Å². The number of likely N-dealkylation sites (N-methyl/N-ethyl adjacent to an activating group) is 2. The average molecular weight is 533 g/mol. The molecule has 0 radical (unpaired) electrons. The lowest BCUT2D eigenvalue weighted by molar-refractivity contribution is 0.194. The molecule has 2 rings (SSSR count). The average Bonchev–Trinajstić information content (AvgIpc) is 2.96. The normalized spacial score (nSPS) is 13.4. The molecule has 7 heteroatoms. The van der Waals surface area contributed by atoms with E-state index in [2.05, 4.69) is 95.3 Å². The summed E-state index contributed by atoms with van der Waals surface area (Å²) in [5.74, 6) is 2.74. The van der Waals surface area contributed by atoms with Gasteiger partial charge in [-0.3, -0.25) is 9.98 Å². The van der Waals surface area contributed by atoms with Gasteiger partial charge < -0.3 is 25.2 Å². The van der Waals surface area contributed by atoms with E-state index in [1.54, 1.807) is 6.20 Å². The van der Waals surface area contributed by atoms with E-state index in [0.717, 1.165) is 73.3 Å². The van der Waals surface area contributed by atoms with Gasteiger partial charge in [0.15, 0.2) is 0 Å². The molecule has 2 aromatic rings. The van der Waals surface area contributed by atoms with E-state index in [1.165, 1.54) is 5.57 Å². The third-order valence-electron chi connectivity index (χ3n) is 6.55. The summed E-state index contributed by atoms with van der Waals surface area (Å²) in [5.41, 5.74) is 4.54. The number of nitrogens with one attached hydrogen (secondary N) is 2. The predicted octanol–water partition coefficient (Wildman–Crippen LogP) is 5.96. The summed E-state index contributed by atoms with van der Waals surface area (Å²) in [6.07, 6.45) is 9.56. The second-order valence-corrected chi connectivity index (χ2v) is 9.66. The van der Waals surface area contributed by atoms with Crippen LogP contribution in [-0.2, 0) is 0 Å². The van der Waals surface area contributed by atoms with E-state index in [-0.39, 0.29) is 6.10 Å². The van der Waals surface area contributed by atoms with E-state index in [0.29, 0.717) is 0 Å². The molecule has 7 nitrogen and oxygen atoms in total. The zero-order valence-corrected chi connectivity index (χ0v) is 25.0. The summed E-state index contributed by atoms with van der Waals surface area (Å²) in [7, 11) is 6.18. The van der Waals surface area contributed by atoms with Crippen LogP contribution >= 0.6 is 0 Å². The molecule has 0 bridgehead atoms. The Balaban J connectivity index is 2.18. The van der Waals surface area contributed by atoms with Gasteiger partial charge in [0.05, 0.1) is 5.84 Å². The number of hydrogen-bond acceptors (Lipinski definition) is 6. The quantitative estimate of drug-likeness (QED) is 0.158. The highest BCUT2D eigenvalue weighted by Crippen LogP contribution is 2.27. The number of ether oxygens (including phenoxy) is 1. The third-order valence-corrected chi connectivity index (χ3v) is 6.55. The molecule has 0 aliphatic rings. The molecule has 2 N–H and O–H groups in total. The van der Waals surface area contributed by atoms with Crippen molar-refractivity contribution in [1.82, 2.24) is 20.5 Å². The summed E-state index contributed by atoms with van der Waals surface area (Å²) >= 11 is 0. The lowest BCUT2D eigenvalue weighted by atomic mass is 10.1. The molecule has 0 saturated heterocycles. The van der Waals surface area contributed by atoms with Crippen molar-refractivity contribution in [2.45, 2.75) is 46.6 Å². The SMILES string of the molecule is C=CC(/C=C(/C)CC)=C(/NC(C)=NCC)N(C)CCN(C)c1cccc(OC(CCNC)c2cccnc2)c1. The minimum atomic E-state index is -0.0680. The lowest BCUT2D eigenvalue weighted by Gasteiger charge is -2.29. The molecule has 0 saturated carbocycles. The molecule has 212 valence electrons. The highest BCUT2D eigenvalue weighted by Gasteiger charge is 2.15. The Kier molecular flexibility index (Phi) is 13.9. The van der Waals surface area contributed by atoms with Crippen molar-refractivity contribution in [2.75, 3.05) is 52.2 Å². The monoisotopic (exact) mass is 532 g/mol. The Morgan fingerprint density at radius 2 is 1.95 bits per heavy atom. The van der Waals surface area contributed by atoms with Crippen LogP contribution in [0.3, 0.4) is 0 Å². The fourth-order valence-corrected chi connectivity index (χ4v) is 4.06. The number of amidine groups is 1. The van der Waals surface area contributed by atoms with E-state index in [9.17, 15) is 0 Å². The van der Waals surface area contributed by atoms with Gasteiger partial charge in [0.1, 0.15) is 17.7 Å². The summed E-state index contributed by atoms with van der Waals surface area (Å²) < 4.78 is 6.45. The molecule has 1 unspecified atom stereocenters. The first kappa shape index (κ1) is 31.6. The number of aromatic nitrogens is 1. The minimum absolute atomic E-state index is 0.0680. The van der Waals surface area contributed by atoms with Crippen LogP contribution in [0.2, 0.25) is 0 Å². The number of anilines is 1. The number of nitrogens with zero attached hydrogens (tertiary/aromatic N) is 4. The van der Waals surface area contributed by atoms with Crippen molar-refractivity contribution < 1.29 is 4.74 Å².